The van der Waals surface area contributed by atoms with Gasteiger partial charge in [-0.3, -0.25) is 0 Å². The maximum absolute atomic E-state index is 5.85. The molecule has 1 rings (SSSR count). The predicted molar refractivity (Wildman–Crippen MR) is 62.6 cm³/mol. The summed E-state index contributed by atoms with van der Waals surface area (Å²) in [6.07, 6.45) is 2.31. The number of aromatic nitrogens is 1. The number of aryl methyl sites for hydroxylation is 2. The molecule has 1 aromatic heterocycles. The van der Waals surface area contributed by atoms with Gasteiger partial charge in [0.1, 0.15) is 0 Å². The van der Waals surface area contributed by atoms with Gasteiger partial charge in [0, 0.05) is 10.9 Å². The number of nitrogens with two attached hydrogens (primary N) is 1. The molecule has 0 saturated carbocycles. The molecule has 14 heavy (non-hydrogen) atoms. The molecule has 1 aromatic rings. The van der Waals surface area contributed by atoms with Crippen molar-refractivity contribution in [1.29, 1.82) is 0 Å². The van der Waals surface area contributed by atoms with Crippen LogP contribution in [0.3, 0.4) is 0 Å². The first-order chi connectivity index (χ1) is 6.50. The summed E-state index contributed by atoms with van der Waals surface area (Å²) in [6.45, 7) is 8.56. The van der Waals surface area contributed by atoms with Gasteiger partial charge in [-0.25, -0.2) is 4.98 Å². The zero-order valence-corrected chi connectivity index (χ0v) is 10.3. The van der Waals surface area contributed by atoms with Crippen molar-refractivity contribution in [3.05, 3.63) is 15.6 Å². The molecule has 2 nitrogen and oxygen atoms in total. The van der Waals surface area contributed by atoms with Gasteiger partial charge in [-0.1, -0.05) is 13.8 Å². The lowest BCUT2D eigenvalue weighted by atomic mass is 10.1. The minimum absolute atomic E-state index is 0.125. The average molecular weight is 212 g/mol. The van der Waals surface area contributed by atoms with Crippen LogP contribution in [0.1, 0.15) is 48.8 Å². The number of nitrogens with zero attached hydrogens (tertiary/aromatic N) is 1. The Kier molecular flexibility index (Phi) is 4.08. The predicted octanol–water partition coefficient (Wildman–Crippen LogP) is 3.06. The second-order valence-corrected chi connectivity index (χ2v) is 5.39. The molecule has 80 valence electrons. The lowest BCUT2D eigenvalue weighted by molar-refractivity contribution is 0.585. The summed E-state index contributed by atoms with van der Waals surface area (Å²) >= 11 is 1.77. The highest BCUT2D eigenvalue weighted by atomic mass is 32.1. The van der Waals surface area contributed by atoms with Crippen LogP contribution in [0.25, 0.3) is 0 Å². The van der Waals surface area contributed by atoms with Gasteiger partial charge in [0.05, 0.1) is 10.7 Å². The molecule has 0 saturated heterocycles. The average Bonchev–Trinajstić information content (AvgIpc) is 2.43. The first-order valence-electron chi connectivity index (χ1n) is 5.22. The first-order valence-corrected chi connectivity index (χ1v) is 6.04. The largest absolute Gasteiger partial charge is 0.323 e. The van der Waals surface area contributed by atoms with Gasteiger partial charge in [0.25, 0.3) is 0 Å². The van der Waals surface area contributed by atoms with E-state index in [-0.39, 0.29) is 6.04 Å². The maximum Gasteiger partial charge on any atom is 0.0931 e. The molecule has 0 bridgehead atoms. The van der Waals surface area contributed by atoms with Crippen molar-refractivity contribution in [2.75, 3.05) is 0 Å². The SMILES string of the molecule is Cc1nc(CCC(C)C)sc1C(C)N. The molecule has 0 aliphatic carbocycles. The summed E-state index contributed by atoms with van der Waals surface area (Å²) in [5.74, 6) is 0.748. The Hall–Kier alpha value is -0.410. The van der Waals surface area contributed by atoms with Gasteiger partial charge in [-0.2, -0.15) is 0 Å². The van der Waals surface area contributed by atoms with Gasteiger partial charge in [-0.15, -0.1) is 11.3 Å². The highest BCUT2D eigenvalue weighted by molar-refractivity contribution is 7.11. The van der Waals surface area contributed by atoms with E-state index >= 15 is 0 Å². The maximum atomic E-state index is 5.85. The molecular weight excluding hydrogens is 192 g/mol. The molecule has 0 spiro atoms. The van der Waals surface area contributed by atoms with Crippen molar-refractivity contribution in [2.24, 2.45) is 11.7 Å². The fraction of sp³-hybridized carbons (Fsp3) is 0.727. The van der Waals surface area contributed by atoms with Crippen molar-refractivity contribution in [3.8, 4) is 0 Å². The molecule has 3 heteroatoms. The topological polar surface area (TPSA) is 38.9 Å². The van der Waals surface area contributed by atoms with E-state index in [1.807, 2.05) is 13.8 Å². The van der Waals surface area contributed by atoms with E-state index < -0.39 is 0 Å². The van der Waals surface area contributed by atoms with Crippen LogP contribution in [-0.2, 0) is 6.42 Å². The summed E-state index contributed by atoms with van der Waals surface area (Å²) in [6, 6.07) is 0.125. The summed E-state index contributed by atoms with van der Waals surface area (Å²) in [4.78, 5) is 5.78. The van der Waals surface area contributed by atoms with E-state index in [1.54, 1.807) is 11.3 Å². The van der Waals surface area contributed by atoms with E-state index in [9.17, 15) is 0 Å². The Morgan fingerprint density at radius 3 is 2.43 bits per heavy atom. The summed E-state index contributed by atoms with van der Waals surface area (Å²) in [7, 11) is 0. The minimum Gasteiger partial charge on any atom is -0.323 e. The Balaban J connectivity index is 2.66. The van der Waals surface area contributed by atoms with Gasteiger partial charge in [0.15, 0.2) is 0 Å². The number of rotatable bonds is 4. The first kappa shape index (κ1) is 11.7. The Labute approximate surface area is 90.6 Å². The standard InChI is InChI=1S/C11H20N2S/c1-7(2)5-6-10-13-9(4)11(14-10)8(3)12/h7-8H,5-6,12H2,1-4H3. The van der Waals surface area contributed by atoms with E-state index in [0.717, 1.165) is 18.0 Å². The zero-order chi connectivity index (χ0) is 10.7. The van der Waals surface area contributed by atoms with Crippen molar-refractivity contribution in [3.63, 3.8) is 0 Å². The molecule has 2 N–H and O–H groups in total. The lowest BCUT2D eigenvalue weighted by Gasteiger charge is -2.01. The quantitative estimate of drug-likeness (QED) is 0.833. The van der Waals surface area contributed by atoms with Crippen LogP contribution >= 0.6 is 11.3 Å². The Morgan fingerprint density at radius 1 is 1.36 bits per heavy atom. The van der Waals surface area contributed by atoms with Gasteiger partial charge < -0.3 is 5.73 Å². The minimum atomic E-state index is 0.125. The fourth-order valence-corrected chi connectivity index (χ4v) is 2.44. The van der Waals surface area contributed by atoms with Crippen LogP contribution in [-0.4, -0.2) is 4.98 Å². The Bertz CT molecular complexity index is 289. The second-order valence-electron chi connectivity index (χ2n) is 4.28. The number of hydrogen-bond donors (Lipinski definition) is 1. The summed E-state index contributed by atoms with van der Waals surface area (Å²) in [5, 5.41) is 1.24. The second kappa shape index (κ2) is 4.89. The van der Waals surface area contributed by atoms with Crippen molar-refractivity contribution in [1.82, 2.24) is 4.98 Å². The smallest absolute Gasteiger partial charge is 0.0931 e. The third-order valence-electron chi connectivity index (χ3n) is 2.23. The lowest BCUT2D eigenvalue weighted by Crippen LogP contribution is -2.03. The van der Waals surface area contributed by atoms with E-state index in [2.05, 4.69) is 18.8 Å². The van der Waals surface area contributed by atoms with Crippen LogP contribution in [0.5, 0.6) is 0 Å². The highest BCUT2D eigenvalue weighted by Crippen LogP contribution is 2.24. The van der Waals surface area contributed by atoms with Gasteiger partial charge in [0.2, 0.25) is 0 Å². The number of hydrogen-bond acceptors (Lipinski definition) is 3. The number of thiazole rings is 1. The van der Waals surface area contributed by atoms with Crippen LogP contribution in [0, 0.1) is 12.8 Å². The molecule has 0 aliphatic heterocycles. The van der Waals surface area contributed by atoms with Crippen LogP contribution in [0.2, 0.25) is 0 Å². The highest BCUT2D eigenvalue weighted by Gasteiger charge is 2.10. The van der Waals surface area contributed by atoms with Crippen LogP contribution in [0.15, 0.2) is 0 Å². The third-order valence-corrected chi connectivity index (χ3v) is 3.64. The third kappa shape index (κ3) is 3.07. The molecule has 0 radical (unpaired) electrons. The fourth-order valence-electron chi connectivity index (χ4n) is 1.41. The van der Waals surface area contributed by atoms with E-state index in [1.165, 1.54) is 16.3 Å². The Morgan fingerprint density at radius 2 is 2.00 bits per heavy atom. The zero-order valence-electron chi connectivity index (χ0n) is 9.50. The molecular formula is C11H20N2S. The summed E-state index contributed by atoms with van der Waals surface area (Å²) in [5.41, 5.74) is 6.97. The molecule has 1 unspecified atom stereocenters. The van der Waals surface area contributed by atoms with Crippen LogP contribution < -0.4 is 5.73 Å². The van der Waals surface area contributed by atoms with Gasteiger partial charge >= 0.3 is 0 Å². The van der Waals surface area contributed by atoms with Crippen molar-refractivity contribution < 1.29 is 0 Å². The molecule has 1 heterocycles. The monoisotopic (exact) mass is 212 g/mol. The van der Waals surface area contributed by atoms with Crippen LogP contribution in [0.4, 0.5) is 0 Å². The molecule has 0 aliphatic rings. The summed E-state index contributed by atoms with van der Waals surface area (Å²) < 4.78 is 0. The van der Waals surface area contributed by atoms with Gasteiger partial charge in [-0.05, 0) is 32.6 Å². The normalized spacial score (nSPS) is 13.6. The van der Waals surface area contributed by atoms with Crippen molar-refractivity contribution >= 4 is 11.3 Å². The molecule has 0 aromatic carbocycles. The molecule has 1 atom stereocenters. The van der Waals surface area contributed by atoms with E-state index in [0.29, 0.717) is 0 Å². The van der Waals surface area contributed by atoms with Crippen molar-refractivity contribution in [2.45, 2.75) is 46.6 Å². The van der Waals surface area contributed by atoms with E-state index in [4.69, 9.17) is 5.73 Å². The molecule has 0 amide bonds. The molecule has 0 fully saturated rings.